The van der Waals surface area contributed by atoms with E-state index in [1.54, 1.807) is 7.11 Å². The molecule has 5 heteroatoms. The summed E-state index contributed by atoms with van der Waals surface area (Å²) in [6.45, 7) is 0.477. The van der Waals surface area contributed by atoms with E-state index in [-0.39, 0.29) is 5.91 Å². The average molecular weight is 253 g/mol. The van der Waals surface area contributed by atoms with E-state index in [4.69, 9.17) is 16.3 Å². The molecule has 0 N–H and O–H groups in total. The van der Waals surface area contributed by atoms with Crippen LogP contribution in [0.15, 0.2) is 29.3 Å². The number of ether oxygens (including phenoxy) is 1. The summed E-state index contributed by atoms with van der Waals surface area (Å²) >= 11 is 5.84. The van der Waals surface area contributed by atoms with Gasteiger partial charge >= 0.3 is 0 Å². The monoisotopic (exact) mass is 252 g/mol. The average Bonchev–Trinajstić information content (AvgIpc) is 2.34. The minimum Gasteiger partial charge on any atom is -0.497 e. The number of carbonyl (C=O) groups excluding carboxylic acids is 1. The van der Waals surface area contributed by atoms with Crippen LogP contribution in [0.2, 0.25) is 0 Å². The van der Waals surface area contributed by atoms with Gasteiger partial charge in [0.2, 0.25) is 0 Å². The van der Waals surface area contributed by atoms with Crippen LogP contribution >= 0.6 is 11.6 Å². The fourth-order valence-electron chi connectivity index (χ4n) is 1.69. The van der Waals surface area contributed by atoms with Crippen molar-refractivity contribution >= 4 is 23.3 Å². The van der Waals surface area contributed by atoms with E-state index in [1.807, 2.05) is 36.2 Å². The molecule has 0 aliphatic carbocycles. The maximum atomic E-state index is 11.5. The third kappa shape index (κ3) is 2.42. The van der Waals surface area contributed by atoms with E-state index in [0.29, 0.717) is 12.4 Å². The summed E-state index contributed by atoms with van der Waals surface area (Å²) in [6.07, 6.45) is 0. The van der Waals surface area contributed by atoms with Crippen molar-refractivity contribution in [3.63, 3.8) is 0 Å². The van der Waals surface area contributed by atoms with Crippen molar-refractivity contribution in [2.24, 2.45) is 4.99 Å². The van der Waals surface area contributed by atoms with Crippen molar-refractivity contribution in [3.8, 4) is 5.75 Å². The van der Waals surface area contributed by atoms with Crippen molar-refractivity contribution in [1.29, 1.82) is 0 Å². The standard InChI is InChI=1S/C12H13ClN2O2/c1-15-7-10(13)12(16)14-11(15)8-3-5-9(17-2)6-4-8/h3-6,10H,7H2,1-2H3. The van der Waals surface area contributed by atoms with Gasteiger partial charge in [-0.1, -0.05) is 0 Å². The number of rotatable bonds is 2. The summed E-state index contributed by atoms with van der Waals surface area (Å²) in [5, 5.41) is -0.554. The van der Waals surface area contributed by atoms with Gasteiger partial charge in [0.1, 0.15) is 17.0 Å². The van der Waals surface area contributed by atoms with Gasteiger partial charge in [0.05, 0.1) is 7.11 Å². The third-order valence-corrected chi connectivity index (χ3v) is 2.95. The molecular weight excluding hydrogens is 240 g/mol. The molecule has 0 aromatic heterocycles. The topological polar surface area (TPSA) is 41.9 Å². The second-order valence-corrected chi connectivity index (χ2v) is 4.38. The Kier molecular flexibility index (Phi) is 3.33. The highest BCUT2D eigenvalue weighted by molar-refractivity contribution is 6.33. The first kappa shape index (κ1) is 11.9. The van der Waals surface area contributed by atoms with Crippen LogP contribution in [0.1, 0.15) is 5.56 Å². The molecule has 0 bridgehead atoms. The number of hydrogen-bond acceptors (Lipinski definition) is 3. The van der Waals surface area contributed by atoms with E-state index in [0.717, 1.165) is 11.3 Å². The second kappa shape index (κ2) is 4.75. The van der Waals surface area contributed by atoms with Crippen molar-refractivity contribution < 1.29 is 9.53 Å². The number of halogens is 1. The highest BCUT2D eigenvalue weighted by Crippen LogP contribution is 2.17. The molecule has 17 heavy (non-hydrogen) atoms. The Balaban J connectivity index is 2.32. The Hall–Kier alpha value is -1.55. The SMILES string of the molecule is COc1ccc(C2=NC(=O)C(Cl)CN2C)cc1. The number of methoxy groups -OCH3 is 1. The lowest BCUT2D eigenvalue weighted by atomic mass is 10.1. The molecule has 1 amide bonds. The molecule has 0 saturated carbocycles. The van der Waals surface area contributed by atoms with Gasteiger partial charge in [-0.05, 0) is 24.3 Å². The third-order valence-electron chi connectivity index (χ3n) is 2.63. The van der Waals surface area contributed by atoms with Crippen LogP contribution in [0.3, 0.4) is 0 Å². The van der Waals surface area contributed by atoms with Gasteiger partial charge in [0.25, 0.3) is 5.91 Å². The summed E-state index contributed by atoms with van der Waals surface area (Å²) in [4.78, 5) is 17.4. The Morgan fingerprint density at radius 2 is 2.06 bits per heavy atom. The van der Waals surface area contributed by atoms with Crippen molar-refractivity contribution in [2.75, 3.05) is 20.7 Å². The van der Waals surface area contributed by atoms with E-state index >= 15 is 0 Å². The van der Waals surface area contributed by atoms with Crippen molar-refractivity contribution in [1.82, 2.24) is 4.90 Å². The minimum absolute atomic E-state index is 0.282. The molecule has 4 nitrogen and oxygen atoms in total. The molecule has 0 saturated heterocycles. The summed E-state index contributed by atoms with van der Waals surface area (Å²) in [6, 6.07) is 7.41. The summed E-state index contributed by atoms with van der Waals surface area (Å²) in [5.41, 5.74) is 0.880. The van der Waals surface area contributed by atoms with Crippen LogP contribution in [0.5, 0.6) is 5.75 Å². The normalized spacial score (nSPS) is 20.2. The highest BCUT2D eigenvalue weighted by Gasteiger charge is 2.25. The van der Waals surface area contributed by atoms with Gasteiger partial charge in [-0.25, -0.2) is 0 Å². The van der Waals surface area contributed by atoms with Crippen LogP contribution < -0.4 is 4.74 Å². The van der Waals surface area contributed by atoms with E-state index in [2.05, 4.69) is 4.99 Å². The molecule has 1 aliphatic rings. The lowest BCUT2D eigenvalue weighted by molar-refractivity contribution is -0.118. The second-order valence-electron chi connectivity index (χ2n) is 3.85. The molecule has 1 aromatic carbocycles. The van der Waals surface area contributed by atoms with Gasteiger partial charge in [0.15, 0.2) is 0 Å². The first-order chi connectivity index (χ1) is 8.11. The number of amidine groups is 1. The van der Waals surface area contributed by atoms with E-state index in [9.17, 15) is 4.79 Å². The van der Waals surface area contributed by atoms with Crippen molar-refractivity contribution in [3.05, 3.63) is 29.8 Å². The van der Waals surface area contributed by atoms with E-state index < -0.39 is 5.38 Å². The molecular formula is C12H13ClN2O2. The number of carbonyl (C=O) groups is 1. The Bertz CT molecular complexity index is 456. The number of amides is 1. The first-order valence-corrected chi connectivity index (χ1v) is 5.67. The maximum absolute atomic E-state index is 11.5. The molecule has 1 atom stereocenters. The fourth-order valence-corrected chi connectivity index (χ4v) is 1.95. The summed E-state index contributed by atoms with van der Waals surface area (Å²) in [7, 11) is 3.48. The number of aliphatic imine (C=N–C) groups is 1. The Morgan fingerprint density at radius 1 is 1.41 bits per heavy atom. The van der Waals surface area contributed by atoms with Gasteiger partial charge in [-0.2, -0.15) is 4.99 Å². The Labute approximate surface area is 105 Å². The smallest absolute Gasteiger partial charge is 0.267 e. The van der Waals surface area contributed by atoms with Crippen LogP contribution in [-0.4, -0.2) is 42.7 Å². The highest BCUT2D eigenvalue weighted by atomic mass is 35.5. The van der Waals surface area contributed by atoms with Crippen molar-refractivity contribution in [2.45, 2.75) is 5.38 Å². The zero-order chi connectivity index (χ0) is 12.4. The van der Waals surface area contributed by atoms with Crippen LogP contribution in [-0.2, 0) is 4.79 Å². The number of hydrogen-bond donors (Lipinski definition) is 0. The summed E-state index contributed by atoms with van der Waals surface area (Å²) in [5.74, 6) is 1.14. The quantitative estimate of drug-likeness (QED) is 0.750. The zero-order valence-corrected chi connectivity index (χ0v) is 10.4. The molecule has 90 valence electrons. The largest absolute Gasteiger partial charge is 0.497 e. The van der Waals surface area contributed by atoms with Gasteiger partial charge in [-0.15, -0.1) is 11.6 Å². The lowest BCUT2D eigenvalue weighted by Gasteiger charge is -2.27. The molecule has 0 fully saturated rings. The maximum Gasteiger partial charge on any atom is 0.267 e. The lowest BCUT2D eigenvalue weighted by Crippen LogP contribution is -2.41. The minimum atomic E-state index is -0.554. The van der Waals surface area contributed by atoms with Gasteiger partial charge < -0.3 is 9.64 Å². The van der Waals surface area contributed by atoms with E-state index in [1.165, 1.54) is 0 Å². The number of benzene rings is 1. The first-order valence-electron chi connectivity index (χ1n) is 5.24. The van der Waals surface area contributed by atoms with Gasteiger partial charge in [0, 0.05) is 19.2 Å². The molecule has 0 radical (unpaired) electrons. The number of nitrogens with zero attached hydrogens (tertiary/aromatic N) is 2. The Morgan fingerprint density at radius 3 is 2.65 bits per heavy atom. The van der Waals surface area contributed by atoms with Crippen LogP contribution in [0.4, 0.5) is 0 Å². The van der Waals surface area contributed by atoms with Gasteiger partial charge in [-0.3, -0.25) is 4.79 Å². The number of alkyl halides is 1. The molecule has 1 aromatic rings. The molecule has 2 rings (SSSR count). The zero-order valence-electron chi connectivity index (χ0n) is 9.68. The predicted octanol–water partition coefficient (Wildman–Crippen LogP) is 1.52. The molecule has 1 aliphatic heterocycles. The fraction of sp³-hybridized carbons (Fsp3) is 0.333. The molecule has 0 spiro atoms. The van der Waals surface area contributed by atoms with Crippen LogP contribution in [0.25, 0.3) is 0 Å². The molecule has 1 heterocycles. The summed E-state index contributed by atoms with van der Waals surface area (Å²) < 4.78 is 5.08. The molecule has 1 unspecified atom stereocenters. The predicted molar refractivity (Wildman–Crippen MR) is 66.8 cm³/mol. The van der Waals surface area contributed by atoms with Crippen LogP contribution in [0, 0.1) is 0 Å².